The van der Waals surface area contributed by atoms with Gasteiger partial charge in [0.25, 0.3) is 5.56 Å². The molecule has 0 aliphatic heterocycles. The van der Waals surface area contributed by atoms with Crippen molar-refractivity contribution in [1.82, 2.24) is 15.2 Å². The first-order valence-corrected chi connectivity index (χ1v) is 6.64. The molecule has 1 heterocycles. The molecule has 2 aromatic rings. The van der Waals surface area contributed by atoms with Crippen LogP contribution in [0.5, 0.6) is 5.75 Å². The van der Waals surface area contributed by atoms with E-state index in [1.54, 1.807) is 0 Å². The summed E-state index contributed by atoms with van der Waals surface area (Å²) in [5.41, 5.74) is 1.17. The molecule has 2 N–H and O–H groups in total. The summed E-state index contributed by atoms with van der Waals surface area (Å²) in [6.45, 7) is 5.18. The molecule has 0 bridgehead atoms. The maximum absolute atomic E-state index is 11.9. The molecule has 106 valence electrons. The Morgan fingerprint density at radius 2 is 1.95 bits per heavy atom. The fourth-order valence-corrected chi connectivity index (χ4v) is 1.79. The summed E-state index contributed by atoms with van der Waals surface area (Å²) in [6.07, 6.45) is 0.446. The van der Waals surface area contributed by atoms with Crippen LogP contribution in [0.4, 0.5) is 5.95 Å². The summed E-state index contributed by atoms with van der Waals surface area (Å²) >= 11 is 0. The minimum Gasteiger partial charge on any atom is -0.494 e. The van der Waals surface area contributed by atoms with E-state index in [4.69, 9.17) is 4.74 Å². The molecular formula is C14H18N4O2. The van der Waals surface area contributed by atoms with Crippen LogP contribution in [0.2, 0.25) is 0 Å². The van der Waals surface area contributed by atoms with E-state index in [-0.39, 0.29) is 5.56 Å². The Bertz CT molecular complexity index is 607. The molecule has 1 aromatic carbocycles. The van der Waals surface area contributed by atoms with Crippen LogP contribution in [0, 0.1) is 0 Å². The van der Waals surface area contributed by atoms with Crippen molar-refractivity contribution >= 4 is 5.95 Å². The Balaban J connectivity index is 2.11. The van der Waals surface area contributed by atoms with E-state index in [1.165, 1.54) is 0 Å². The van der Waals surface area contributed by atoms with Crippen molar-refractivity contribution in [2.45, 2.75) is 20.3 Å². The van der Waals surface area contributed by atoms with Crippen LogP contribution in [0.25, 0.3) is 0 Å². The predicted octanol–water partition coefficient (Wildman–Crippen LogP) is 1.59. The van der Waals surface area contributed by atoms with Crippen LogP contribution in [0.15, 0.2) is 29.1 Å². The second kappa shape index (κ2) is 6.70. The molecule has 2 rings (SSSR count). The Kier molecular flexibility index (Phi) is 4.70. The van der Waals surface area contributed by atoms with Gasteiger partial charge in [0.15, 0.2) is 0 Å². The largest absolute Gasteiger partial charge is 0.494 e. The maximum atomic E-state index is 11.9. The molecule has 6 heteroatoms. The molecular weight excluding hydrogens is 256 g/mol. The fourth-order valence-electron chi connectivity index (χ4n) is 1.79. The molecule has 0 amide bonds. The number of benzene rings is 1. The van der Waals surface area contributed by atoms with Crippen molar-refractivity contribution in [1.29, 1.82) is 0 Å². The van der Waals surface area contributed by atoms with E-state index in [1.807, 2.05) is 38.1 Å². The molecule has 0 spiro atoms. The molecule has 0 atom stereocenters. The van der Waals surface area contributed by atoms with Crippen molar-refractivity contribution in [3.05, 3.63) is 45.9 Å². The molecule has 0 aliphatic carbocycles. The number of nitrogens with one attached hydrogen (secondary N) is 2. The van der Waals surface area contributed by atoms with Gasteiger partial charge < -0.3 is 10.1 Å². The van der Waals surface area contributed by atoms with E-state index in [0.29, 0.717) is 31.2 Å². The Hall–Kier alpha value is -2.37. The van der Waals surface area contributed by atoms with Gasteiger partial charge in [0, 0.05) is 13.0 Å². The monoisotopic (exact) mass is 274 g/mol. The van der Waals surface area contributed by atoms with E-state index >= 15 is 0 Å². The van der Waals surface area contributed by atoms with Gasteiger partial charge in [-0.1, -0.05) is 12.1 Å². The number of H-pyrrole nitrogens is 1. The fraction of sp³-hybridized carbons (Fsp3) is 0.357. The van der Waals surface area contributed by atoms with Gasteiger partial charge >= 0.3 is 0 Å². The van der Waals surface area contributed by atoms with E-state index in [2.05, 4.69) is 20.5 Å². The zero-order chi connectivity index (χ0) is 14.4. The zero-order valence-electron chi connectivity index (χ0n) is 11.6. The smallest absolute Gasteiger partial charge is 0.274 e. The van der Waals surface area contributed by atoms with Crippen LogP contribution >= 0.6 is 0 Å². The van der Waals surface area contributed by atoms with E-state index in [9.17, 15) is 4.79 Å². The van der Waals surface area contributed by atoms with Gasteiger partial charge in [0.2, 0.25) is 5.95 Å². The molecule has 0 radical (unpaired) electrons. The quantitative estimate of drug-likeness (QED) is 0.836. The number of aromatic amines is 1. The SMILES string of the molecule is CCNc1nnc(Cc2ccc(OCC)cc2)c(=O)[nH]1. The molecule has 0 saturated carbocycles. The molecule has 0 saturated heterocycles. The lowest BCUT2D eigenvalue weighted by Crippen LogP contribution is -2.19. The van der Waals surface area contributed by atoms with Crippen molar-refractivity contribution in [2.24, 2.45) is 0 Å². The van der Waals surface area contributed by atoms with Gasteiger partial charge in [-0.3, -0.25) is 9.78 Å². The van der Waals surface area contributed by atoms with Crippen LogP contribution < -0.4 is 15.6 Å². The number of ether oxygens (including phenoxy) is 1. The predicted molar refractivity (Wildman–Crippen MR) is 77.2 cm³/mol. The topological polar surface area (TPSA) is 79.9 Å². The minimum absolute atomic E-state index is 0.218. The Morgan fingerprint density at radius 3 is 2.55 bits per heavy atom. The van der Waals surface area contributed by atoms with Crippen molar-refractivity contribution in [3.63, 3.8) is 0 Å². The standard InChI is InChI=1S/C14H18N4O2/c1-3-15-14-16-13(19)12(17-18-14)9-10-5-7-11(8-6-10)20-4-2/h5-8H,3-4,9H2,1-2H3,(H2,15,16,18,19). The summed E-state index contributed by atoms with van der Waals surface area (Å²) in [5.74, 6) is 1.21. The first kappa shape index (κ1) is 14.0. The number of hydrogen-bond donors (Lipinski definition) is 2. The van der Waals surface area contributed by atoms with Gasteiger partial charge in [0.1, 0.15) is 11.4 Å². The average Bonchev–Trinajstić information content (AvgIpc) is 2.44. The van der Waals surface area contributed by atoms with Crippen LogP contribution in [0.1, 0.15) is 25.1 Å². The molecule has 0 aliphatic rings. The van der Waals surface area contributed by atoms with Crippen LogP contribution in [0.3, 0.4) is 0 Å². The van der Waals surface area contributed by atoms with Gasteiger partial charge in [-0.05, 0) is 31.5 Å². The highest BCUT2D eigenvalue weighted by Crippen LogP contribution is 2.13. The molecule has 6 nitrogen and oxygen atoms in total. The summed E-state index contributed by atoms with van der Waals surface area (Å²) in [7, 11) is 0. The van der Waals surface area contributed by atoms with Gasteiger partial charge in [-0.2, -0.15) is 0 Å². The summed E-state index contributed by atoms with van der Waals surface area (Å²) < 4.78 is 5.37. The highest BCUT2D eigenvalue weighted by Gasteiger charge is 2.06. The van der Waals surface area contributed by atoms with Gasteiger partial charge in [0.05, 0.1) is 6.61 Å². The van der Waals surface area contributed by atoms with Crippen molar-refractivity contribution < 1.29 is 4.74 Å². The number of nitrogens with zero attached hydrogens (tertiary/aromatic N) is 2. The zero-order valence-corrected chi connectivity index (χ0v) is 11.6. The third kappa shape index (κ3) is 3.57. The maximum Gasteiger partial charge on any atom is 0.274 e. The van der Waals surface area contributed by atoms with E-state index in [0.717, 1.165) is 11.3 Å². The number of hydrogen-bond acceptors (Lipinski definition) is 5. The second-order valence-electron chi connectivity index (χ2n) is 4.23. The van der Waals surface area contributed by atoms with Gasteiger partial charge in [-0.15, -0.1) is 10.2 Å². The van der Waals surface area contributed by atoms with Crippen molar-refractivity contribution in [2.75, 3.05) is 18.5 Å². The lowest BCUT2D eigenvalue weighted by molar-refractivity contribution is 0.340. The summed E-state index contributed by atoms with van der Waals surface area (Å²) in [5, 5.41) is 10.8. The minimum atomic E-state index is -0.218. The summed E-state index contributed by atoms with van der Waals surface area (Å²) in [6, 6.07) is 7.61. The molecule has 1 aromatic heterocycles. The lowest BCUT2D eigenvalue weighted by atomic mass is 10.1. The van der Waals surface area contributed by atoms with Crippen LogP contribution in [-0.4, -0.2) is 28.3 Å². The van der Waals surface area contributed by atoms with Crippen molar-refractivity contribution in [3.8, 4) is 5.75 Å². The molecule has 20 heavy (non-hydrogen) atoms. The normalized spacial score (nSPS) is 10.3. The Labute approximate surface area is 117 Å². The van der Waals surface area contributed by atoms with E-state index < -0.39 is 0 Å². The second-order valence-corrected chi connectivity index (χ2v) is 4.23. The number of aromatic nitrogens is 3. The highest BCUT2D eigenvalue weighted by atomic mass is 16.5. The third-order valence-corrected chi connectivity index (χ3v) is 2.71. The molecule has 0 fully saturated rings. The number of anilines is 1. The highest BCUT2D eigenvalue weighted by molar-refractivity contribution is 5.30. The third-order valence-electron chi connectivity index (χ3n) is 2.71. The average molecular weight is 274 g/mol. The Morgan fingerprint density at radius 1 is 1.20 bits per heavy atom. The first-order valence-electron chi connectivity index (χ1n) is 6.64. The lowest BCUT2D eigenvalue weighted by Gasteiger charge is -2.05. The number of rotatable bonds is 6. The van der Waals surface area contributed by atoms with Crippen LogP contribution in [-0.2, 0) is 6.42 Å². The summed E-state index contributed by atoms with van der Waals surface area (Å²) in [4.78, 5) is 14.5. The molecule has 0 unspecified atom stereocenters. The first-order chi connectivity index (χ1) is 9.72. The van der Waals surface area contributed by atoms with Gasteiger partial charge in [-0.25, -0.2) is 0 Å².